The maximum absolute atomic E-state index is 17.1. The molecule has 1 aromatic rings. The first kappa shape index (κ1) is 84.6. The minimum Gasteiger partial charge on any atom is -0.480 e. The first-order chi connectivity index (χ1) is 45.2. The van der Waals surface area contributed by atoms with Gasteiger partial charge in [-0.1, -0.05) is 53.7 Å². The molecule has 97 heavy (non-hydrogen) atoms. The molecule has 0 aromatic heterocycles. The van der Waals surface area contributed by atoms with E-state index in [-0.39, 0.29) is 123 Å². The van der Waals surface area contributed by atoms with Crippen molar-refractivity contribution in [2.45, 2.75) is 159 Å². The Hall–Kier alpha value is -8.49. The number of hydrogen-bond acceptors (Lipinski definition) is 20. The summed E-state index contributed by atoms with van der Waals surface area (Å²) in [7, 11) is -3.74. The van der Waals surface area contributed by atoms with Crippen molar-refractivity contribution >= 4 is 96.9 Å². The summed E-state index contributed by atoms with van der Waals surface area (Å²) >= 11 is 0. The van der Waals surface area contributed by atoms with Crippen LogP contribution in [-0.2, 0) is 57.5 Å². The summed E-state index contributed by atoms with van der Waals surface area (Å²) in [5, 5.41) is 103. The highest BCUT2D eigenvalue weighted by molar-refractivity contribution is 6.90. The summed E-state index contributed by atoms with van der Waals surface area (Å²) in [6.45, 7) is 9.09. The summed E-state index contributed by atoms with van der Waals surface area (Å²) in [4.78, 5) is 181. The van der Waals surface area contributed by atoms with Gasteiger partial charge in [-0.2, -0.15) is 0 Å². The van der Waals surface area contributed by atoms with Gasteiger partial charge in [0.05, 0.1) is 26.2 Å². The number of carbonyl (C=O) groups is 14. The van der Waals surface area contributed by atoms with Crippen LogP contribution in [0.15, 0.2) is 24.3 Å². The fourth-order valence-corrected chi connectivity index (χ4v) is 15.3. The number of aliphatic hydroxyl groups is 2. The maximum atomic E-state index is 17.1. The van der Waals surface area contributed by atoms with Crippen LogP contribution in [0, 0.1) is 0 Å². The predicted molar refractivity (Wildman–Crippen MR) is 344 cm³/mol. The van der Waals surface area contributed by atoms with Crippen LogP contribution in [-0.4, -0.2) is 292 Å². The summed E-state index contributed by atoms with van der Waals surface area (Å²) in [5.41, 5.74) is 0.0766. The standard InChI is InChI=1S/C60H97FN12O23Si/c1-59(2,3)97(61,60(4,5)6)38-14-12-37(13-15-38)52(86)64-32-43(66-47(77)33-70-24-26-71(34-49(80)81)28-30-73(36-51(84)85)31-29-72(27-25-70)35-50(82)83)53(87)67-40(55(90)91)10-7-8-22-62-44(74)19-20-45(75)63-23-9-11-39(54(88)89)65-46(76)18-16-41(56(92)93)68-58(96)69-42(57(94)95)17-21-48(78)79/h12-15,39-43,48,78-79H,7-11,16-36H2,1-6H3,(H,62,74)(H,63,75)(H,64,86)(H,65,76)(H,66,77)(H,67,87)(H,80,81)(H,82,83)(H,84,85)(H,88,89)(H,90,91)(H,92,93)(H,94,95)(H2,68,69,96)/t39-,40-,41+,42+,43+/m1/s1. The number of benzene rings is 1. The number of carbonyl (C=O) groups excluding carboxylic acids is 7. The lowest BCUT2D eigenvalue weighted by Crippen LogP contribution is -2.58. The molecule has 0 saturated carbocycles. The molecular weight excluding hydrogens is 1300 g/mol. The molecular formula is C60H97FN12O23Si. The zero-order valence-corrected chi connectivity index (χ0v) is 56.6. The zero-order valence-electron chi connectivity index (χ0n) is 55.6. The third-order valence-corrected chi connectivity index (χ3v) is 21.0. The monoisotopic (exact) mass is 1400 g/mol. The van der Waals surface area contributed by atoms with Crippen LogP contribution in [0.1, 0.15) is 123 Å². The summed E-state index contributed by atoms with van der Waals surface area (Å²) < 4.78 is 17.1. The molecule has 0 bridgehead atoms. The van der Waals surface area contributed by atoms with Crippen LogP contribution in [0.5, 0.6) is 0 Å². The maximum Gasteiger partial charge on any atom is 0.326 e. The van der Waals surface area contributed by atoms with Gasteiger partial charge in [0.15, 0.2) is 6.29 Å². The molecule has 35 nitrogen and oxygen atoms in total. The smallest absolute Gasteiger partial charge is 0.326 e. The Bertz CT molecular complexity index is 2820. The number of urea groups is 1. The lowest BCUT2D eigenvalue weighted by atomic mass is 10.1. The van der Waals surface area contributed by atoms with Crippen molar-refractivity contribution in [1.29, 1.82) is 0 Å². The van der Waals surface area contributed by atoms with Crippen molar-refractivity contribution in [2.24, 2.45) is 0 Å². The van der Waals surface area contributed by atoms with Gasteiger partial charge >= 0.3 is 47.8 Å². The molecule has 546 valence electrons. The lowest BCUT2D eigenvalue weighted by molar-refractivity contribution is -0.142. The fraction of sp³-hybridized carbons (Fsp3) is 0.667. The van der Waals surface area contributed by atoms with E-state index in [9.17, 15) is 103 Å². The Morgan fingerprint density at radius 3 is 1.23 bits per heavy atom. The minimum atomic E-state index is -3.74. The lowest BCUT2D eigenvalue weighted by Gasteiger charge is -2.44. The number of hydrogen-bond donors (Lipinski definition) is 17. The van der Waals surface area contributed by atoms with Crippen LogP contribution < -0.4 is 47.7 Å². The average Bonchev–Trinajstić information content (AvgIpc) is 0.749. The number of rotatable bonds is 40. The molecule has 0 radical (unpaired) electrons. The van der Waals surface area contributed by atoms with Crippen molar-refractivity contribution < 1.29 is 117 Å². The third kappa shape index (κ3) is 32.4. The highest BCUT2D eigenvalue weighted by Gasteiger charge is 2.56. The van der Waals surface area contributed by atoms with Gasteiger partial charge in [0, 0.05) is 103 Å². The van der Waals surface area contributed by atoms with Gasteiger partial charge in [-0.25, -0.2) is 24.0 Å². The van der Waals surface area contributed by atoms with Crippen LogP contribution >= 0.6 is 0 Å². The third-order valence-electron chi connectivity index (χ3n) is 15.7. The Labute approximate surface area is 561 Å². The Morgan fingerprint density at radius 2 is 0.814 bits per heavy atom. The predicted octanol–water partition coefficient (Wildman–Crippen LogP) is -2.72. The summed E-state index contributed by atoms with van der Waals surface area (Å²) in [5.74, 6) is -14.2. The zero-order chi connectivity index (χ0) is 73.4. The van der Waals surface area contributed by atoms with Gasteiger partial charge in [0.2, 0.25) is 29.5 Å². The van der Waals surface area contributed by atoms with Crippen molar-refractivity contribution in [3.63, 3.8) is 0 Å². The van der Waals surface area contributed by atoms with E-state index < -0.39 is 190 Å². The average molecular weight is 1400 g/mol. The first-order valence-electron chi connectivity index (χ1n) is 31.6. The number of halogens is 1. The van der Waals surface area contributed by atoms with Gasteiger partial charge in [-0.3, -0.25) is 62.8 Å². The highest BCUT2D eigenvalue weighted by atomic mass is 28.4. The molecule has 8 amide bonds. The number of carboxylic acid groups (broad SMARTS) is 7. The Morgan fingerprint density at radius 1 is 0.433 bits per heavy atom. The van der Waals surface area contributed by atoms with Crippen molar-refractivity contribution in [3.05, 3.63) is 29.8 Å². The van der Waals surface area contributed by atoms with E-state index in [0.717, 1.165) is 0 Å². The molecule has 1 aliphatic rings. The number of carboxylic acids is 7. The topological polar surface area (TPSA) is 530 Å². The molecule has 1 aliphatic heterocycles. The second-order valence-electron chi connectivity index (χ2n) is 25.5. The SMILES string of the molecule is CC(C)(C)[Si](F)(c1ccc(C(=O)NC[C@H](NC(=O)CN2CCN(CC(=O)O)CCN(CC(=O)O)CCN(CC(=O)O)CC2)C(=O)N[C@H](CCCCNC(=O)CCC(=O)NCCC[C@@H](NC(=O)CC[C@H](NC(=O)N[C@@H](CCC(O)O)C(=O)O)C(=O)O)C(=O)O)C(=O)O)cc1)C(C)(C)C. The van der Waals surface area contributed by atoms with E-state index in [1.54, 1.807) is 21.9 Å². The Balaban J connectivity index is 2.10. The molecule has 0 spiro atoms. The molecule has 1 aromatic carbocycles. The number of nitrogens with one attached hydrogen (secondary N) is 8. The molecule has 0 unspecified atom stereocenters. The van der Waals surface area contributed by atoms with Crippen molar-refractivity contribution in [3.8, 4) is 0 Å². The molecule has 0 aliphatic carbocycles. The molecule has 1 saturated heterocycles. The van der Waals surface area contributed by atoms with Crippen molar-refractivity contribution in [2.75, 3.05) is 98.2 Å². The van der Waals surface area contributed by atoms with Gasteiger partial charge in [0.1, 0.15) is 30.2 Å². The van der Waals surface area contributed by atoms with E-state index in [0.29, 0.717) is 5.19 Å². The van der Waals surface area contributed by atoms with Gasteiger partial charge in [-0.05, 0) is 72.3 Å². The number of aliphatic carboxylic acids is 7. The second kappa shape index (κ2) is 41.6. The number of unbranched alkanes of at least 4 members (excludes halogenated alkanes) is 1. The number of aliphatic hydroxyl groups excluding tert-OH is 1. The van der Waals surface area contributed by atoms with E-state index in [1.807, 2.05) is 52.2 Å². The van der Waals surface area contributed by atoms with Crippen LogP contribution in [0.4, 0.5) is 8.90 Å². The van der Waals surface area contributed by atoms with Crippen LogP contribution in [0.3, 0.4) is 0 Å². The molecule has 2 rings (SSSR count). The van der Waals surface area contributed by atoms with E-state index in [1.165, 1.54) is 21.9 Å². The van der Waals surface area contributed by atoms with E-state index in [4.69, 9.17) is 10.2 Å². The second-order valence-corrected chi connectivity index (χ2v) is 30.4. The van der Waals surface area contributed by atoms with Crippen molar-refractivity contribution in [1.82, 2.24) is 62.1 Å². The fourth-order valence-electron chi connectivity index (χ4n) is 10.7. The molecule has 1 fully saturated rings. The molecule has 37 heteroatoms. The van der Waals surface area contributed by atoms with E-state index >= 15 is 4.11 Å². The molecule has 17 N–H and O–H groups in total. The van der Waals surface area contributed by atoms with Gasteiger partial charge < -0.3 is 92.6 Å². The normalized spacial score (nSPS) is 15.6. The van der Waals surface area contributed by atoms with Gasteiger partial charge in [-0.15, -0.1) is 0 Å². The largest absolute Gasteiger partial charge is 0.480 e. The summed E-state index contributed by atoms with van der Waals surface area (Å²) in [6.07, 6.45) is -4.55. The van der Waals surface area contributed by atoms with Gasteiger partial charge in [0.25, 0.3) is 14.3 Å². The summed E-state index contributed by atoms with van der Waals surface area (Å²) in [6, 6.07) is -3.32. The first-order valence-corrected chi connectivity index (χ1v) is 33.5. The van der Waals surface area contributed by atoms with E-state index in [2.05, 4.69) is 31.9 Å². The molecule has 1 heterocycles. The van der Waals surface area contributed by atoms with Crippen LogP contribution in [0.25, 0.3) is 0 Å². The van der Waals surface area contributed by atoms with Crippen LogP contribution in [0.2, 0.25) is 10.1 Å². The number of nitrogens with zero attached hydrogens (tertiary/aromatic N) is 4. The highest BCUT2D eigenvalue weighted by Crippen LogP contribution is 2.51. The quantitative estimate of drug-likeness (QED) is 0.0137. The number of amides is 8. The Kier molecular flexibility index (Phi) is 36.3. The molecule has 5 atom stereocenters. The minimum absolute atomic E-state index is 0.00598.